The van der Waals surface area contributed by atoms with Gasteiger partial charge in [0.2, 0.25) is 11.8 Å². The minimum atomic E-state index is -0.598. The highest BCUT2D eigenvalue weighted by atomic mass is 16.3. The van der Waals surface area contributed by atoms with Crippen LogP contribution < -0.4 is 16.4 Å². The summed E-state index contributed by atoms with van der Waals surface area (Å²) in [4.78, 5) is 37.4. The molecular formula is C17H22N4O4. The molecule has 3 amide bonds. The predicted octanol–water partition coefficient (Wildman–Crippen LogP) is -1.14. The Balaban J connectivity index is 1.67. The Morgan fingerprint density at radius 2 is 2.16 bits per heavy atom. The van der Waals surface area contributed by atoms with Gasteiger partial charge in [0, 0.05) is 38.2 Å². The molecule has 2 aliphatic heterocycles. The zero-order valence-electron chi connectivity index (χ0n) is 13.8. The summed E-state index contributed by atoms with van der Waals surface area (Å²) >= 11 is 0. The first-order chi connectivity index (χ1) is 12.0. The summed E-state index contributed by atoms with van der Waals surface area (Å²) in [5.74, 6) is -0.879. The number of imide groups is 1. The average molecular weight is 346 g/mol. The molecule has 1 aromatic rings. The van der Waals surface area contributed by atoms with Crippen molar-refractivity contribution in [1.29, 1.82) is 0 Å². The molecule has 3 rings (SSSR count). The van der Waals surface area contributed by atoms with Crippen molar-refractivity contribution in [3.63, 3.8) is 0 Å². The van der Waals surface area contributed by atoms with Gasteiger partial charge in [-0.05, 0) is 23.6 Å². The average Bonchev–Trinajstić information content (AvgIpc) is 2.91. The number of hydrogen-bond donors (Lipinski definition) is 4. The minimum Gasteiger partial charge on any atom is -0.390 e. The van der Waals surface area contributed by atoms with Crippen molar-refractivity contribution in [1.82, 2.24) is 15.5 Å². The van der Waals surface area contributed by atoms with E-state index in [1.54, 1.807) is 6.07 Å². The number of nitrogens with two attached hydrogens (primary N) is 1. The molecule has 0 aromatic heterocycles. The number of nitrogens with one attached hydrogen (secondary N) is 2. The maximum absolute atomic E-state index is 12.6. The van der Waals surface area contributed by atoms with E-state index in [1.165, 1.54) is 4.90 Å². The lowest BCUT2D eigenvalue weighted by atomic mass is 10.0. The molecule has 8 nitrogen and oxygen atoms in total. The van der Waals surface area contributed by atoms with Crippen LogP contribution in [0.4, 0.5) is 0 Å². The summed E-state index contributed by atoms with van der Waals surface area (Å²) in [6.45, 7) is 1.51. The number of hydrogen-bond acceptors (Lipinski definition) is 6. The number of rotatable bonds is 6. The Morgan fingerprint density at radius 1 is 1.36 bits per heavy atom. The van der Waals surface area contributed by atoms with Gasteiger partial charge in [0.1, 0.15) is 6.04 Å². The second kappa shape index (κ2) is 7.30. The molecule has 0 radical (unpaired) electrons. The van der Waals surface area contributed by atoms with E-state index in [-0.39, 0.29) is 24.8 Å². The monoisotopic (exact) mass is 346 g/mol. The second-order valence-corrected chi connectivity index (χ2v) is 6.41. The number of carbonyl (C=O) groups is 3. The molecule has 0 spiro atoms. The van der Waals surface area contributed by atoms with E-state index < -0.39 is 18.1 Å². The lowest BCUT2D eigenvalue weighted by Gasteiger charge is -2.29. The van der Waals surface area contributed by atoms with Crippen molar-refractivity contribution >= 4 is 17.7 Å². The van der Waals surface area contributed by atoms with Crippen LogP contribution in [0.5, 0.6) is 0 Å². The molecule has 1 saturated heterocycles. The van der Waals surface area contributed by atoms with E-state index in [2.05, 4.69) is 10.6 Å². The third kappa shape index (κ3) is 3.71. The van der Waals surface area contributed by atoms with E-state index in [4.69, 9.17) is 5.73 Å². The van der Waals surface area contributed by atoms with Crippen molar-refractivity contribution < 1.29 is 19.5 Å². The van der Waals surface area contributed by atoms with Crippen LogP contribution in [0.15, 0.2) is 18.2 Å². The van der Waals surface area contributed by atoms with Gasteiger partial charge in [-0.2, -0.15) is 0 Å². The molecule has 8 heteroatoms. The van der Waals surface area contributed by atoms with Gasteiger partial charge >= 0.3 is 0 Å². The van der Waals surface area contributed by atoms with Gasteiger partial charge in [0.15, 0.2) is 0 Å². The van der Waals surface area contributed by atoms with Crippen LogP contribution >= 0.6 is 0 Å². The molecular weight excluding hydrogens is 324 g/mol. The number of aliphatic hydroxyl groups is 1. The van der Waals surface area contributed by atoms with E-state index >= 15 is 0 Å². The van der Waals surface area contributed by atoms with Crippen molar-refractivity contribution in [3.05, 3.63) is 34.9 Å². The van der Waals surface area contributed by atoms with Crippen LogP contribution in [0.2, 0.25) is 0 Å². The van der Waals surface area contributed by atoms with Crippen LogP contribution in [0.25, 0.3) is 0 Å². The molecule has 0 aliphatic carbocycles. The number of benzene rings is 1. The maximum atomic E-state index is 12.6. The van der Waals surface area contributed by atoms with Gasteiger partial charge in [0.05, 0.1) is 6.10 Å². The molecule has 0 bridgehead atoms. The highest BCUT2D eigenvalue weighted by Gasteiger charge is 2.38. The van der Waals surface area contributed by atoms with Crippen molar-refractivity contribution in [3.8, 4) is 0 Å². The molecule has 2 atom stereocenters. The first kappa shape index (κ1) is 17.5. The molecule has 1 fully saturated rings. The largest absolute Gasteiger partial charge is 0.390 e. The van der Waals surface area contributed by atoms with Crippen LogP contribution in [0.3, 0.4) is 0 Å². The zero-order chi connectivity index (χ0) is 18.0. The van der Waals surface area contributed by atoms with E-state index in [9.17, 15) is 19.5 Å². The summed E-state index contributed by atoms with van der Waals surface area (Å²) in [5.41, 5.74) is 7.81. The van der Waals surface area contributed by atoms with Gasteiger partial charge in [-0.15, -0.1) is 0 Å². The Labute approximate surface area is 145 Å². The maximum Gasteiger partial charge on any atom is 0.255 e. The Bertz CT molecular complexity index is 706. The van der Waals surface area contributed by atoms with Gasteiger partial charge in [-0.3, -0.25) is 19.7 Å². The first-order valence-electron chi connectivity index (χ1n) is 8.35. The molecule has 0 saturated carbocycles. The highest BCUT2D eigenvalue weighted by molar-refractivity contribution is 6.05. The predicted molar refractivity (Wildman–Crippen MR) is 89.3 cm³/mol. The Kier molecular flexibility index (Phi) is 5.12. The third-order valence-corrected chi connectivity index (χ3v) is 4.57. The fourth-order valence-electron chi connectivity index (χ4n) is 3.20. The van der Waals surface area contributed by atoms with Crippen molar-refractivity contribution in [2.24, 2.45) is 5.73 Å². The summed E-state index contributed by atoms with van der Waals surface area (Å²) in [5, 5.41) is 14.9. The summed E-state index contributed by atoms with van der Waals surface area (Å²) in [6.07, 6.45) is 0.0179. The number of aliphatic hydroxyl groups excluding tert-OH is 1. The fourth-order valence-corrected chi connectivity index (χ4v) is 3.20. The van der Waals surface area contributed by atoms with Crippen LogP contribution in [-0.2, 0) is 22.7 Å². The Morgan fingerprint density at radius 3 is 2.88 bits per heavy atom. The minimum absolute atomic E-state index is 0.178. The number of fused-ring (bicyclic) bond motifs is 1. The lowest BCUT2D eigenvalue weighted by molar-refractivity contribution is -0.136. The number of piperidine rings is 1. The highest BCUT2D eigenvalue weighted by Crippen LogP contribution is 2.28. The van der Waals surface area contributed by atoms with Crippen LogP contribution in [-0.4, -0.2) is 53.0 Å². The normalized spacial score (nSPS) is 21.3. The van der Waals surface area contributed by atoms with E-state index in [0.29, 0.717) is 31.6 Å². The molecule has 1 aromatic carbocycles. The molecule has 134 valence electrons. The molecule has 2 heterocycles. The number of carbonyl (C=O) groups excluding carboxylic acids is 3. The second-order valence-electron chi connectivity index (χ2n) is 6.41. The topological polar surface area (TPSA) is 125 Å². The zero-order valence-corrected chi connectivity index (χ0v) is 13.8. The van der Waals surface area contributed by atoms with Gasteiger partial charge in [-0.1, -0.05) is 12.1 Å². The van der Waals surface area contributed by atoms with Crippen molar-refractivity contribution in [2.75, 3.05) is 13.1 Å². The smallest absolute Gasteiger partial charge is 0.255 e. The molecule has 25 heavy (non-hydrogen) atoms. The van der Waals surface area contributed by atoms with Crippen LogP contribution in [0.1, 0.15) is 34.3 Å². The van der Waals surface area contributed by atoms with E-state index in [1.807, 2.05) is 12.1 Å². The number of amides is 3. The van der Waals surface area contributed by atoms with Gasteiger partial charge in [-0.25, -0.2) is 0 Å². The van der Waals surface area contributed by atoms with Gasteiger partial charge < -0.3 is 21.1 Å². The third-order valence-electron chi connectivity index (χ3n) is 4.57. The van der Waals surface area contributed by atoms with Gasteiger partial charge in [0.25, 0.3) is 5.91 Å². The van der Waals surface area contributed by atoms with Crippen LogP contribution in [0, 0.1) is 0 Å². The van der Waals surface area contributed by atoms with E-state index in [0.717, 1.165) is 11.1 Å². The quantitative estimate of drug-likeness (QED) is 0.483. The standard InChI is InChI=1S/C17H22N4O4/c18-6-12(22)8-19-7-10-1-2-13-11(5-10)9-21(17(13)25)14-3-4-15(23)20-16(14)24/h1-2,5,12,14,19,22H,3-4,6-9,18H2,(H,20,23,24)/t12-,14?/m1/s1. The first-order valence-corrected chi connectivity index (χ1v) is 8.35. The summed E-state index contributed by atoms with van der Waals surface area (Å²) < 4.78 is 0. The Hall–Kier alpha value is -2.29. The fraction of sp³-hybridized carbons (Fsp3) is 0.471. The molecule has 1 unspecified atom stereocenters. The van der Waals surface area contributed by atoms with Crippen molar-refractivity contribution in [2.45, 2.75) is 38.1 Å². The summed E-state index contributed by atoms with van der Waals surface area (Å²) in [7, 11) is 0. The lowest BCUT2D eigenvalue weighted by Crippen LogP contribution is -2.52. The molecule has 2 aliphatic rings. The summed E-state index contributed by atoms with van der Waals surface area (Å²) in [6, 6.07) is 4.95. The molecule has 5 N–H and O–H groups in total. The number of nitrogens with zero attached hydrogens (tertiary/aromatic N) is 1. The SMILES string of the molecule is NC[C@@H](O)CNCc1ccc2c(c1)CN(C1CCC(=O)NC1=O)C2=O.